The molecular weight excluding hydrogens is 294 g/mol. The molecule has 94 valence electrons. The molecule has 0 saturated carbocycles. The van der Waals surface area contributed by atoms with E-state index in [0.29, 0.717) is 5.76 Å². The quantitative estimate of drug-likeness (QED) is 0.868. The van der Waals surface area contributed by atoms with Crippen molar-refractivity contribution in [1.29, 1.82) is 0 Å². The highest BCUT2D eigenvalue weighted by molar-refractivity contribution is 9.08. The Morgan fingerprint density at radius 2 is 2.17 bits per heavy atom. The van der Waals surface area contributed by atoms with Gasteiger partial charge < -0.3 is 9.73 Å². The maximum Gasteiger partial charge on any atom is 0.291 e. The van der Waals surface area contributed by atoms with Gasteiger partial charge in [-0.05, 0) is 29.8 Å². The maximum absolute atomic E-state index is 11.9. The number of carbonyl (C=O) groups is 1. The molecule has 2 aromatic rings. The summed E-state index contributed by atoms with van der Waals surface area (Å²) in [6.07, 6.45) is 0.784. The first kappa shape index (κ1) is 12.9. The number of hydrogen-bond donors (Lipinski definition) is 1. The Hall–Kier alpha value is -1.55. The standard InChI is InChI=1S/C14H14BrNO2/c1-2-12-6-7-13(18-12)14(17)16-11-5-3-4-10(8-11)9-15/h3-8H,2,9H2,1H3,(H,16,17). The van der Waals surface area contributed by atoms with Gasteiger partial charge >= 0.3 is 0 Å². The summed E-state index contributed by atoms with van der Waals surface area (Å²) in [5, 5.41) is 3.58. The summed E-state index contributed by atoms with van der Waals surface area (Å²) in [4.78, 5) is 11.9. The summed E-state index contributed by atoms with van der Waals surface area (Å²) < 4.78 is 5.40. The van der Waals surface area contributed by atoms with Crippen LogP contribution in [0.4, 0.5) is 5.69 Å². The zero-order chi connectivity index (χ0) is 13.0. The monoisotopic (exact) mass is 307 g/mol. The van der Waals surface area contributed by atoms with Crippen LogP contribution < -0.4 is 5.32 Å². The molecule has 0 atom stereocenters. The molecule has 4 heteroatoms. The third-order valence-corrected chi connectivity index (χ3v) is 3.22. The van der Waals surface area contributed by atoms with Gasteiger partial charge in [0.1, 0.15) is 5.76 Å². The predicted molar refractivity (Wildman–Crippen MR) is 75.1 cm³/mol. The van der Waals surface area contributed by atoms with Crippen molar-refractivity contribution in [2.75, 3.05) is 5.32 Å². The van der Waals surface area contributed by atoms with Crippen LogP contribution >= 0.6 is 15.9 Å². The zero-order valence-electron chi connectivity index (χ0n) is 10.1. The molecule has 18 heavy (non-hydrogen) atoms. The minimum atomic E-state index is -0.221. The molecule has 0 aliphatic heterocycles. The average Bonchev–Trinajstić information content (AvgIpc) is 2.88. The summed E-state index contributed by atoms with van der Waals surface area (Å²) in [6.45, 7) is 1.99. The second-order valence-electron chi connectivity index (χ2n) is 3.91. The fraction of sp³-hybridized carbons (Fsp3) is 0.214. The van der Waals surface area contributed by atoms with Crippen molar-refractivity contribution in [1.82, 2.24) is 0 Å². The van der Waals surface area contributed by atoms with Gasteiger partial charge in [-0.15, -0.1) is 0 Å². The van der Waals surface area contributed by atoms with Crippen molar-refractivity contribution in [3.05, 3.63) is 53.5 Å². The third kappa shape index (κ3) is 3.01. The minimum absolute atomic E-state index is 0.221. The van der Waals surface area contributed by atoms with Crippen molar-refractivity contribution in [3.63, 3.8) is 0 Å². The Kier molecular flexibility index (Phi) is 4.20. The second-order valence-corrected chi connectivity index (χ2v) is 4.47. The number of rotatable bonds is 4. The van der Waals surface area contributed by atoms with Crippen LogP contribution in [0.25, 0.3) is 0 Å². The lowest BCUT2D eigenvalue weighted by atomic mass is 10.2. The predicted octanol–water partition coefficient (Wildman–Crippen LogP) is 3.99. The molecular formula is C14H14BrNO2. The first-order valence-electron chi connectivity index (χ1n) is 5.78. The first-order valence-corrected chi connectivity index (χ1v) is 6.90. The van der Waals surface area contributed by atoms with Crippen LogP contribution in [0.3, 0.4) is 0 Å². The smallest absolute Gasteiger partial charge is 0.291 e. The van der Waals surface area contributed by atoms with Crippen molar-refractivity contribution < 1.29 is 9.21 Å². The minimum Gasteiger partial charge on any atom is -0.456 e. The number of hydrogen-bond acceptors (Lipinski definition) is 2. The van der Waals surface area contributed by atoms with E-state index in [2.05, 4.69) is 21.2 Å². The van der Waals surface area contributed by atoms with Crippen LogP contribution in [-0.4, -0.2) is 5.91 Å². The van der Waals surface area contributed by atoms with E-state index in [1.54, 1.807) is 6.07 Å². The summed E-state index contributed by atoms with van der Waals surface area (Å²) in [5.41, 5.74) is 1.88. The van der Waals surface area contributed by atoms with Crippen molar-refractivity contribution in [2.24, 2.45) is 0 Å². The van der Waals surface area contributed by atoms with Gasteiger partial charge in [-0.2, -0.15) is 0 Å². The number of carbonyl (C=O) groups excluding carboxylic acids is 1. The number of aryl methyl sites for hydroxylation is 1. The molecule has 0 radical (unpaired) electrons. The van der Waals surface area contributed by atoms with Gasteiger partial charge in [-0.1, -0.05) is 35.0 Å². The fourth-order valence-electron chi connectivity index (χ4n) is 1.61. The third-order valence-electron chi connectivity index (χ3n) is 2.57. The highest BCUT2D eigenvalue weighted by atomic mass is 79.9. The van der Waals surface area contributed by atoms with E-state index in [1.165, 1.54) is 0 Å². The van der Waals surface area contributed by atoms with Gasteiger partial charge in [-0.3, -0.25) is 4.79 Å². The number of furan rings is 1. The SMILES string of the molecule is CCc1ccc(C(=O)Nc2cccc(CBr)c2)o1. The number of nitrogens with one attached hydrogen (secondary N) is 1. The van der Waals surface area contributed by atoms with Gasteiger partial charge in [-0.25, -0.2) is 0 Å². The zero-order valence-corrected chi connectivity index (χ0v) is 11.7. The van der Waals surface area contributed by atoms with Crippen LogP contribution in [0.5, 0.6) is 0 Å². The molecule has 1 aromatic carbocycles. The van der Waals surface area contributed by atoms with Gasteiger partial charge in [0.05, 0.1) is 0 Å². The van der Waals surface area contributed by atoms with Crippen LogP contribution in [0.1, 0.15) is 28.8 Å². The Balaban J connectivity index is 2.10. The molecule has 0 bridgehead atoms. The number of halogens is 1. The van der Waals surface area contributed by atoms with E-state index in [4.69, 9.17) is 4.42 Å². The molecule has 0 unspecified atom stereocenters. The van der Waals surface area contributed by atoms with Crippen molar-refractivity contribution in [3.8, 4) is 0 Å². The molecule has 0 aliphatic rings. The van der Waals surface area contributed by atoms with E-state index >= 15 is 0 Å². The van der Waals surface area contributed by atoms with Crippen LogP contribution in [0.2, 0.25) is 0 Å². The van der Waals surface area contributed by atoms with Gasteiger partial charge in [0.2, 0.25) is 0 Å². The number of anilines is 1. The molecule has 1 heterocycles. The lowest BCUT2D eigenvalue weighted by Gasteiger charge is -2.04. The van der Waals surface area contributed by atoms with Gasteiger partial charge in [0, 0.05) is 17.4 Å². The molecule has 1 amide bonds. The molecule has 0 fully saturated rings. The largest absolute Gasteiger partial charge is 0.456 e. The van der Waals surface area contributed by atoms with Crippen molar-refractivity contribution in [2.45, 2.75) is 18.7 Å². The van der Waals surface area contributed by atoms with E-state index in [1.807, 2.05) is 37.3 Å². The second kappa shape index (κ2) is 5.87. The van der Waals surface area contributed by atoms with Gasteiger partial charge in [0.15, 0.2) is 5.76 Å². The highest BCUT2D eigenvalue weighted by Crippen LogP contribution is 2.15. The van der Waals surface area contributed by atoms with E-state index < -0.39 is 0 Å². The number of benzene rings is 1. The van der Waals surface area contributed by atoms with Gasteiger partial charge in [0.25, 0.3) is 5.91 Å². The number of amides is 1. The van der Waals surface area contributed by atoms with Crippen molar-refractivity contribution >= 4 is 27.5 Å². The summed E-state index contributed by atoms with van der Waals surface area (Å²) >= 11 is 3.38. The Morgan fingerprint density at radius 1 is 1.33 bits per heavy atom. The topological polar surface area (TPSA) is 42.2 Å². The van der Waals surface area contributed by atoms with Crippen LogP contribution in [-0.2, 0) is 11.8 Å². The Morgan fingerprint density at radius 3 is 2.83 bits per heavy atom. The highest BCUT2D eigenvalue weighted by Gasteiger charge is 2.10. The van der Waals surface area contributed by atoms with Crippen LogP contribution in [0.15, 0.2) is 40.8 Å². The molecule has 2 rings (SSSR count). The van der Waals surface area contributed by atoms with E-state index in [-0.39, 0.29) is 5.91 Å². The van der Waals surface area contributed by atoms with E-state index in [9.17, 15) is 4.79 Å². The van der Waals surface area contributed by atoms with E-state index in [0.717, 1.165) is 28.8 Å². The molecule has 0 aliphatic carbocycles. The maximum atomic E-state index is 11.9. The lowest BCUT2D eigenvalue weighted by molar-refractivity contribution is 0.0995. The van der Waals surface area contributed by atoms with Crippen LogP contribution in [0, 0.1) is 0 Å². The average molecular weight is 308 g/mol. The fourth-order valence-corrected chi connectivity index (χ4v) is 1.96. The summed E-state index contributed by atoms with van der Waals surface area (Å²) in [7, 11) is 0. The first-order chi connectivity index (χ1) is 8.72. The Bertz CT molecular complexity index is 548. The Labute approximate surface area is 114 Å². The molecule has 0 saturated heterocycles. The molecule has 1 N–H and O–H groups in total. The summed E-state index contributed by atoms with van der Waals surface area (Å²) in [6, 6.07) is 11.2. The number of alkyl halides is 1. The molecule has 3 nitrogen and oxygen atoms in total. The summed E-state index contributed by atoms with van der Waals surface area (Å²) in [5.74, 6) is 0.937. The molecule has 1 aromatic heterocycles. The molecule has 0 spiro atoms. The lowest BCUT2D eigenvalue weighted by Crippen LogP contribution is -2.10. The normalized spacial score (nSPS) is 10.3.